The predicted molar refractivity (Wildman–Crippen MR) is 63.0 cm³/mol. The average Bonchev–Trinajstić information content (AvgIpc) is 2.42. The molecule has 1 unspecified atom stereocenters. The molecule has 15 heavy (non-hydrogen) atoms. The van der Waals surface area contributed by atoms with Crippen LogP contribution in [0.4, 0.5) is 5.69 Å². The van der Waals surface area contributed by atoms with Crippen LogP contribution in [0.5, 0.6) is 0 Å². The molecule has 2 heteroatoms. The summed E-state index contributed by atoms with van der Waals surface area (Å²) in [4.78, 5) is 5.71. The average molecular weight is 205 g/mol. The van der Waals surface area contributed by atoms with Gasteiger partial charge in [0, 0.05) is 5.41 Å². The molecule has 0 aliphatic carbocycles. The van der Waals surface area contributed by atoms with E-state index in [2.05, 4.69) is 50.1 Å². The first-order valence-corrected chi connectivity index (χ1v) is 5.60. The fraction of sp³-hybridized carbons (Fsp3) is 0.538. The lowest BCUT2D eigenvalue weighted by Crippen LogP contribution is -2.38. The van der Waals surface area contributed by atoms with E-state index in [0.717, 1.165) is 6.61 Å². The first kappa shape index (κ1) is 10.5. The van der Waals surface area contributed by atoms with Crippen LogP contribution in [-0.2, 0) is 10.3 Å². The van der Waals surface area contributed by atoms with Gasteiger partial charge in [0.15, 0.2) is 0 Å². The minimum absolute atomic E-state index is 0.158. The van der Waals surface area contributed by atoms with E-state index in [0.29, 0.717) is 6.04 Å². The largest absolute Gasteiger partial charge is 0.273 e. The Kier molecular flexibility index (Phi) is 2.47. The summed E-state index contributed by atoms with van der Waals surface area (Å²) in [5, 5.41) is 2.05. The summed E-state index contributed by atoms with van der Waals surface area (Å²) in [6, 6.07) is 8.89. The van der Waals surface area contributed by atoms with Gasteiger partial charge in [-0.2, -0.15) is 0 Å². The summed E-state index contributed by atoms with van der Waals surface area (Å²) in [5.41, 5.74) is 2.76. The lowest BCUT2D eigenvalue weighted by Gasteiger charge is -2.30. The molecule has 2 rings (SSSR count). The number of rotatable bonds is 2. The summed E-state index contributed by atoms with van der Waals surface area (Å²) < 4.78 is 0. The van der Waals surface area contributed by atoms with Gasteiger partial charge in [-0.1, -0.05) is 32.0 Å². The molecule has 0 spiro atoms. The third-order valence-electron chi connectivity index (χ3n) is 3.50. The predicted octanol–water partition coefficient (Wildman–Crippen LogP) is 3.12. The van der Waals surface area contributed by atoms with Crippen molar-refractivity contribution in [1.82, 2.24) is 0 Å². The van der Waals surface area contributed by atoms with E-state index in [1.54, 1.807) is 0 Å². The molecule has 0 radical (unpaired) electrons. The number of para-hydroxylation sites is 1. The monoisotopic (exact) mass is 205 g/mol. The molecule has 0 saturated carbocycles. The van der Waals surface area contributed by atoms with Gasteiger partial charge in [0.05, 0.1) is 18.3 Å². The molecule has 0 aromatic heterocycles. The van der Waals surface area contributed by atoms with E-state index in [1.807, 2.05) is 6.92 Å². The van der Waals surface area contributed by atoms with Crippen LogP contribution in [0.15, 0.2) is 24.3 Å². The Hall–Kier alpha value is -1.02. The van der Waals surface area contributed by atoms with E-state index in [9.17, 15) is 0 Å². The number of hydrogen-bond donors (Lipinski definition) is 0. The van der Waals surface area contributed by atoms with Crippen molar-refractivity contribution in [3.05, 3.63) is 29.8 Å². The zero-order valence-electron chi connectivity index (χ0n) is 9.95. The molecular weight excluding hydrogens is 186 g/mol. The van der Waals surface area contributed by atoms with Gasteiger partial charge in [-0.3, -0.25) is 9.90 Å². The summed E-state index contributed by atoms with van der Waals surface area (Å²) >= 11 is 0. The number of anilines is 1. The SMILES string of the molecule is CCON1c2ccccc2C(C)(C)C1C. The molecule has 1 aliphatic heterocycles. The van der Waals surface area contributed by atoms with Crippen LogP contribution >= 0.6 is 0 Å². The lowest BCUT2D eigenvalue weighted by atomic mass is 9.81. The van der Waals surface area contributed by atoms with Crippen molar-refractivity contribution in [1.29, 1.82) is 0 Å². The molecule has 2 nitrogen and oxygen atoms in total. The van der Waals surface area contributed by atoms with Crippen molar-refractivity contribution >= 4 is 5.69 Å². The Labute approximate surface area is 91.8 Å². The minimum atomic E-state index is 0.158. The number of hydroxylamine groups is 1. The third kappa shape index (κ3) is 1.44. The lowest BCUT2D eigenvalue weighted by molar-refractivity contribution is 0.0940. The van der Waals surface area contributed by atoms with E-state index in [-0.39, 0.29) is 5.41 Å². The number of nitrogens with zero attached hydrogens (tertiary/aromatic N) is 1. The Bertz CT molecular complexity index is 359. The second-order valence-electron chi connectivity index (χ2n) is 4.66. The number of benzene rings is 1. The maximum Gasteiger partial charge on any atom is 0.0720 e. The van der Waals surface area contributed by atoms with Crippen molar-refractivity contribution in [3.8, 4) is 0 Å². The fourth-order valence-electron chi connectivity index (χ4n) is 2.26. The highest BCUT2D eigenvalue weighted by molar-refractivity contribution is 5.61. The van der Waals surface area contributed by atoms with Gasteiger partial charge in [-0.05, 0) is 25.5 Å². The molecule has 1 atom stereocenters. The van der Waals surface area contributed by atoms with Gasteiger partial charge in [-0.25, -0.2) is 0 Å². The normalized spacial score (nSPS) is 22.9. The molecular formula is C13H19NO. The molecule has 1 heterocycles. The second kappa shape index (κ2) is 3.53. The summed E-state index contributed by atoms with van der Waals surface area (Å²) in [6.45, 7) is 9.51. The zero-order valence-corrected chi connectivity index (χ0v) is 9.95. The Morgan fingerprint density at radius 3 is 2.67 bits per heavy atom. The fourth-order valence-corrected chi connectivity index (χ4v) is 2.26. The molecule has 0 fully saturated rings. The topological polar surface area (TPSA) is 12.5 Å². The Balaban J connectivity index is 2.47. The zero-order chi connectivity index (χ0) is 11.1. The van der Waals surface area contributed by atoms with Crippen molar-refractivity contribution in [3.63, 3.8) is 0 Å². The first-order chi connectivity index (χ1) is 7.09. The smallest absolute Gasteiger partial charge is 0.0720 e. The van der Waals surface area contributed by atoms with Crippen molar-refractivity contribution in [2.24, 2.45) is 0 Å². The van der Waals surface area contributed by atoms with E-state index in [4.69, 9.17) is 4.84 Å². The van der Waals surface area contributed by atoms with Crippen molar-refractivity contribution < 1.29 is 4.84 Å². The van der Waals surface area contributed by atoms with Gasteiger partial charge in [0.2, 0.25) is 0 Å². The maximum absolute atomic E-state index is 5.71. The van der Waals surface area contributed by atoms with E-state index < -0.39 is 0 Å². The summed E-state index contributed by atoms with van der Waals surface area (Å²) in [6.07, 6.45) is 0. The van der Waals surface area contributed by atoms with Crippen LogP contribution in [0, 0.1) is 0 Å². The number of hydrogen-bond acceptors (Lipinski definition) is 2. The maximum atomic E-state index is 5.71. The Morgan fingerprint density at radius 2 is 2.00 bits per heavy atom. The van der Waals surface area contributed by atoms with Crippen molar-refractivity contribution in [2.45, 2.75) is 39.2 Å². The minimum Gasteiger partial charge on any atom is -0.273 e. The quantitative estimate of drug-likeness (QED) is 0.735. The molecule has 0 saturated heterocycles. The van der Waals surface area contributed by atoms with E-state index in [1.165, 1.54) is 11.3 Å². The highest BCUT2D eigenvalue weighted by atomic mass is 16.7. The summed E-state index contributed by atoms with van der Waals surface area (Å²) in [7, 11) is 0. The highest BCUT2D eigenvalue weighted by Gasteiger charge is 2.42. The van der Waals surface area contributed by atoms with Crippen LogP contribution in [0.2, 0.25) is 0 Å². The molecule has 1 aromatic carbocycles. The third-order valence-corrected chi connectivity index (χ3v) is 3.50. The van der Waals surface area contributed by atoms with Crippen LogP contribution in [-0.4, -0.2) is 12.6 Å². The van der Waals surface area contributed by atoms with Crippen LogP contribution in [0.1, 0.15) is 33.3 Å². The molecule has 1 aliphatic rings. The Morgan fingerprint density at radius 1 is 1.33 bits per heavy atom. The molecule has 1 aromatic rings. The van der Waals surface area contributed by atoms with Crippen LogP contribution < -0.4 is 5.06 Å². The van der Waals surface area contributed by atoms with Gasteiger partial charge in [0.25, 0.3) is 0 Å². The van der Waals surface area contributed by atoms with Gasteiger partial charge >= 0.3 is 0 Å². The van der Waals surface area contributed by atoms with Crippen LogP contribution in [0.3, 0.4) is 0 Å². The van der Waals surface area contributed by atoms with Gasteiger partial charge in [0.1, 0.15) is 0 Å². The highest BCUT2D eigenvalue weighted by Crippen LogP contribution is 2.44. The van der Waals surface area contributed by atoms with Gasteiger partial charge < -0.3 is 0 Å². The molecule has 0 amide bonds. The molecule has 0 N–H and O–H groups in total. The standard InChI is InChI=1S/C13H19NO/c1-5-15-14-10(2)13(3,4)11-8-6-7-9-12(11)14/h6-10H,5H2,1-4H3. The second-order valence-corrected chi connectivity index (χ2v) is 4.66. The summed E-state index contributed by atoms with van der Waals surface area (Å²) in [5.74, 6) is 0. The number of fused-ring (bicyclic) bond motifs is 1. The first-order valence-electron chi connectivity index (χ1n) is 5.60. The van der Waals surface area contributed by atoms with Crippen LogP contribution in [0.25, 0.3) is 0 Å². The van der Waals surface area contributed by atoms with E-state index >= 15 is 0 Å². The van der Waals surface area contributed by atoms with Crippen molar-refractivity contribution in [2.75, 3.05) is 11.7 Å². The molecule has 82 valence electrons. The van der Waals surface area contributed by atoms with Gasteiger partial charge in [-0.15, -0.1) is 0 Å². The molecule has 0 bridgehead atoms.